The number of carbonyl (C=O) groups excluding carboxylic acids is 17. The van der Waals surface area contributed by atoms with Gasteiger partial charge in [0.2, 0.25) is 100 Å². The van der Waals surface area contributed by atoms with Crippen LogP contribution in [0.2, 0.25) is 0 Å². The van der Waals surface area contributed by atoms with Gasteiger partial charge in [0.15, 0.2) is 11.9 Å². The Morgan fingerprint density at radius 3 is 1.30 bits per heavy atom. The predicted octanol–water partition coefficient (Wildman–Crippen LogP) is -8.67. The van der Waals surface area contributed by atoms with E-state index in [2.05, 4.69) is 97.7 Å². The van der Waals surface area contributed by atoms with Gasteiger partial charge in [-0.25, -0.2) is 4.79 Å². The van der Waals surface area contributed by atoms with Gasteiger partial charge in [0.25, 0.3) is 0 Å². The van der Waals surface area contributed by atoms with Crippen molar-refractivity contribution in [3.63, 3.8) is 0 Å². The summed E-state index contributed by atoms with van der Waals surface area (Å²) in [4.78, 5) is 289. The zero-order chi connectivity index (χ0) is 109. The Labute approximate surface area is 838 Å². The third-order valence-electron chi connectivity index (χ3n) is 22.9. The number of carboxylic acid groups (broad SMARTS) is 4. The second-order valence-electron chi connectivity index (χ2n) is 36.7. The van der Waals surface area contributed by atoms with Crippen LogP contribution in [0.3, 0.4) is 0 Å². The molecule has 1 saturated heterocycles. The SMILES string of the molecule is CC[C@H](C)[C@H](NC(=O)[C@@H](N)[C@@H](C)O)C(=O)N[C@@H](CC(C)C)C(=O)N[C@@H](CC(C)C)C(=O)N[C@@H](CCCNC(=N)N)C(=O)N1CCC[C@H]1C(=O)N[C@H](C(=O)N[C@@H](CS)C(=O)N[C@@H](CCCCN)C(=O)N[C@@H](CCC(=O)O)C(=O)N[C@H](C(=O)N[C@H](C(=O)N[C@@H](CO)C(=O)N[C@@H](CCCNC(=N)N)C(=O)NCC(=O)N[C@@H](CC(=O)O)C(=O)N[C@@H](CC(=O)O)C(=O)N[C@@H](Cc1ccc(O)cc1)C(=O)O)C(C)C)C(C)C)[C@@H](C)O. The summed E-state index contributed by atoms with van der Waals surface area (Å²) in [5.41, 5.74) is 22.9. The van der Waals surface area contributed by atoms with Crippen LogP contribution in [0.5, 0.6) is 5.75 Å². The van der Waals surface area contributed by atoms with Crippen LogP contribution in [0, 0.1) is 40.4 Å². The number of carbonyl (C=O) groups is 21. The first kappa shape index (κ1) is 127. The zero-order valence-corrected chi connectivity index (χ0v) is 83.9. The third-order valence-corrected chi connectivity index (χ3v) is 23.2. The van der Waals surface area contributed by atoms with Crippen molar-refractivity contribution in [2.45, 2.75) is 307 Å². The molecule has 1 heterocycles. The van der Waals surface area contributed by atoms with Crippen molar-refractivity contribution in [1.82, 2.24) is 101 Å². The van der Waals surface area contributed by atoms with Crippen molar-refractivity contribution < 1.29 is 142 Å². The smallest absolute Gasteiger partial charge is 0.326 e. The molecule has 0 aliphatic carbocycles. The molecule has 1 aliphatic heterocycles. The molecule has 0 unspecified atom stereocenters. The first-order valence-electron chi connectivity index (χ1n) is 47.4. The molecule has 0 radical (unpaired) electrons. The number of nitrogens with two attached hydrogens (primary N) is 4. The van der Waals surface area contributed by atoms with Gasteiger partial charge in [-0.3, -0.25) is 107 Å². The number of aliphatic hydroxyl groups excluding tert-OH is 3. The maximum Gasteiger partial charge on any atom is 0.326 e. The van der Waals surface area contributed by atoms with Gasteiger partial charge in [-0.2, -0.15) is 12.6 Å². The molecule has 20 atom stereocenters. The monoisotopic (exact) mass is 2060 g/mol. The zero-order valence-electron chi connectivity index (χ0n) is 83.0. The summed E-state index contributed by atoms with van der Waals surface area (Å²) in [7, 11) is 0. The van der Waals surface area contributed by atoms with E-state index in [0.29, 0.717) is 12.0 Å². The number of likely N-dealkylation sites (tertiary alicyclic amines) is 1. The van der Waals surface area contributed by atoms with Crippen LogP contribution >= 0.6 is 12.6 Å². The van der Waals surface area contributed by atoms with E-state index in [1.807, 2.05) is 10.6 Å². The summed E-state index contributed by atoms with van der Waals surface area (Å²) < 4.78 is 0. The van der Waals surface area contributed by atoms with Gasteiger partial charge in [0.1, 0.15) is 108 Å². The Bertz CT molecular complexity index is 4550. The lowest BCUT2D eigenvalue weighted by atomic mass is 9.96. The molecule has 144 heavy (non-hydrogen) atoms. The van der Waals surface area contributed by atoms with Crippen LogP contribution in [-0.2, 0) is 107 Å². The lowest BCUT2D eigenvalue weighted by Gasteiger charge is -2.32. The van der Waals surface area contributed by atoms with E-state index >= 15 is 0 Å². The van der Waals surface area contributed by atoms with Crippen LogP contribution in [0.4, 0.5) is 0 Å². The molecular weight excluding hydrogens is 1920 g/mol. The minimum Gasteiger partial charge on any atom is -0.508 e. The minimum absolute atomic E-state index is 0.000825. The first-order valence-corrected chi connectivity index (χ1v) is 48.0. The Morgan fingerprint density at radius 2 is 0.833 bits per heavy atom. The molecule has 0 saturated carbocycles. The van der Waals surface area contributed by atoms with Gasteiger partial charge in [-0.05, 0) is 145 Å². The van der Waals surface area contributed by atoms with Gasteiger partial charge in [0.05, 0.1) is 38.2 Å². The number of aliphatic hydroxyl groups is 3. The lowest BCUT2D eigenvalue weighted by Crippen LogP contribution is -2.62. The molecule has 1 aliphatic rings. The molecule has 1 aromatic carbocycles. The normalized spacial score (nSPS) is 16.3. The maximum atomic E-state index is 14.9. The number of unbranched alkanes of at least 4 members (excludes halogenated alkanes) is 1. The Hall–Kier alpha value is -13.4. The van der Waals surface area contributed by atoms with E-state index < -0.39 is 320 Å². The van der Waals surface area contributed by atoms with Gasteiger partial charge < -0.3 is 164 Å². The predicted molar refractivity (Wildman–Crippen MR) is 519 cm³/mol. The molecule has 0 aromatic heterocycles. The quantitative estimate of drug-likeness (QED) is 0.0125. The number of thiol groups is 1. The number of rotatable bonds is 67. The summed E-state index contributed by atoms with van der Waals surface area (Å²) in [6, 6.07) is -22.8. The van der Waals surface area contributed by atoms with Gasteiger partial charge in [0, 0.05) is 38.2 Å². The summed E-state index contributed by atoms with van der Waals surface area (Å²) in [6.07, 6.45) is -6.96. The minimum atomic E-state index is -2.11. The molecule has 0 bridgehead atoms. The average molecular weight is 2070 g/mol. The second-order valence-corrected chi connectivity index (χ2v) is 37.0. The van der Waals surface area contributed by atoms with E-state index in [1.54, 1.807) is 41.5 Å². The molecule has 810 valence electrons. The summed E-state index contributed by atoms with van der Waals surface area (Å²) in [5, 5.41) is 139. The van der Waals surface area contributed by atoms with E-state index in [-0.39, 0.29) is 114 Å². The standard InChI is InChI=1S/C89H149N25O29S/c1-13-45(10)69(112-81(136)66(91)46(11)116)84(139)106-55(34-42(4)5)75(130)104-54(33-41(2)3)74(129)103-53(21-17-31-97-89(94)95)86(141)114-32-18-22-61(114)80(135)113-70(47(12)117)85(140)109-60(40-144)79(134)101-51(19-14-15-29-90)72(127)102-52(27-28-63(120)121)73(128)110-68(44(8)9)83(138)111-67(43(6)7)82(137)108-59(39-115)78(133)100-50(20-16-30-96-88(92)93)71(126)98-38-62(119)99-56(36-64(122)123)76(131)105-57(37-65(124)125)77(132)107-58(87(142)143)35-48-23-25-49(118)26-24-48/h23-26,41-47,50-61,66-70,115-118,144H,13-22,27-40,90-91H2,1-12H3,(H,98,126)(H,99,119)(H,100,133)(H,101,134)(H,102,127)(H,103,129)(H,104,130)(H,105,131)(H,106,139)(H,107,132)(H,108,137)(H,109,140)(H,110,128)(H,111,138)(H,112,136)(H,113,135)(H,120,121)(H,122,123)(H,124,125)(H,142,143)(H4,92,93,96)(H4,94,95,97)/t45-,46+,47+,50-,51-,52-,53-,54-,55-,56-,57-,58-,59-,60-,61-,66-,67-,68-,69-,70-/m0/s1. The van der Waals surface area contributed by atoms with Crippen LogP contribution < -0.4 is 119 Å². The number of hydrogen-bond acceptors (Lipinski definition) is 30. The highest BCUT2D eigenvalue weighted by Gasteiger charge is 2.44. The molecule has 54 nitrogen and oxygen atoms in total. The Kier molecular flexibility index (Phi) is 56.5. The van der Waals surface area contributed by atoms with Crippen molar-refractivity contribution in [1.29, 1.82) is 10.8 Å². The van der Waals surface area contributed by atoms with Crippen molar-refractivity contribution in [2.75, 3.05) is 45.1 Å². The number of hydrogen-bond donors (Lipinski definition) is 33. The van der Waals surface area contributed by atoms with Crippen LogP contribution in [0.15, 0.2) is 24.3 Å². The van der Waals surface area contributed by atoms with Crippen LogP contribution in [-0.4, -0.2) is 342 Å². The number of phenols is 1. The van der Waals surface area contributed by atoms with Crippen LogP contribution in [0.1, 0.15) is 191 Å². The molecule has 17 amide bonds. The fraction of sp³-hybridized carbons (Fsp3) is 0.674. The summed E-state index contributed by atoms with van der Waals surface area (Å²) in [5.74, 6) is -29.2. The number of nitrogens with one attached hydrogen (secondary N) is 20. The van der Waals surface area contributed by atoms with Gasteiger partial charge in [-0.15, -0.1) is 0 Å². The number of aromatic hydroxyl groups is 1. The molecule has 0 spiro atoms. The summed E-state index contributed by atoms with van der Waals surface area (Å²) >= 11 is 4.27. The lowest BCUT2D eigenvalue weighted by molar-refractivity contribution is -0.145. The molecular formula is C89H149N25O29S. The average Bonchev–Trinajstić information content (AvgIpc) is 1.67. The highest BCUT2D eigenvalue weighted by Crippen LogP contribution is 2.23. The largest absolute Gasteiger partial charge is 0.508 e. The number of carboxylic acids is 4. The molecule has 1 aromatic rings. The van der Waals surface area contributed by atoms with Crippen molar-refractivity contribution in [3.8, 4) is 5.75 Å². The van der Waals surface area contributed by atoms with Gasteiger partial charge in [-0.1, -0.05) is 87.8 Å². The Balaban J connectivity index is 2.44. The topological polar surface area (TPSA) is 892 Å². The maximum absolute atomic E-state index is 14.9. The van der Waals surface area contributed by atoms with Gasteiger partial charge >= 0.3 is 23.9 Å². The van der Waals surface area contributed by atoms with Crippen molar-refractivity contribution >= 4 is 149 Å². The number of phenolic OH excluding ortho intramolecular Hbond substituents is 1. The van der Waals surface area contributed by atoms with E-state index in [0.717, 1.165) is 11.8 Å². The number of amides is 17. The number of nitrogens with zero attached hydrogens (tertiary/aromatic N) is 1. The summed E-state index contributed by atoms with van der Waals surface area (Å²) in [6.45, 7) is 16.4. The van der Waals surface area contributed by atoms with Crippen molar-refractivity contribution in [3.05, 3.63) is 29.8 Å². The molecule has 1 fully saturated rings. The fourth-order valence-electron chi connectivity index (χ4n) is 14.6. The number of benzene rings is 1. The van der Waals surface area contributed by atoms with E-state index in [4.69, 9.17) is 33.8 Å². The van der Waals surface area contributed by atoms with E-state index in [9.17, 15) is 142 Å². The molecule has 2 rings (SSSR count). The second kappa shape index (κ2) is 64.3. The Morgan fingerprint density at radius 1 is 0.438 bits per heavy atom. The van der Waals surface area contributed by atoms with Crippen molar-refractivity contribution in [2.24, 2.45) is 52.5 Å². The number of guanidine groups is 2. The molecule has 55 heteroatoms. The van der Waals surface area contributed by atoms with Crippen LogP contribution in [0.25, 0.3) is 0 Å². The molecule has 36 N–H and O–H groups in total. The fourth-order valence-corrected chi connectivity index (χ4v) is 14.9. The number of aliphatic carboxylic acids is 4. The third kappa shape index (κ3) is 45.9. The van der Waals surface area contributed by atoms with E-state index in [1.165, 1.54) is 58.9 Å². The first-order chi connectivity index (χ1) is 67.4. The highest BCUT2D eigenvalue weighted by atomic mass is 32.1. The highest BCUT2D eigenvalue weighted by molar-refractivity contribution is 7.80.